The fourth-order valence-electron chi connectivity index (χ4n) is 2.74. The average molecular weight is 358 g/mol. The van der Waals surface area contributed by atoms with Crippen LogP contribution in [0.3, 0.4) is 0 Å². The van der Waals surface area contributed by atoms with Crippen LogP contribution in [-0.4, -0.2) is 51.5 Å². The van der Waals surface area contributed by atoms with E-state index in [2.05, 4.69) is 5.32 Å². The van der Waals surface area contributed by atoms with E-state index in [0.29, 0.717) is 32.4 Å². The number of halogens is 1. The van der Waals surface area contributed by atoms with Crippen LogP contribution in [0.4, 0.5) is 4.39 Å². The van der Waals surface area contributed by atoms with Crippen molar-refractivity contribution in [3.63, 3.8) is 0 Å². The van der Waals surface area contributed by atoms with Crippen LogP contribution in [0.25, 0.3) is 0 Å². The lowest BCUT2D eigenvalue weighted by molar-refractivity contribution is -0.125. The smallest absolute Gasteiger partial charge is 0.243 e. The zero-order valence-corrected chi connectivity index (χ0v) is 14.5. The zero-order valence-electron chi connectivity index (χ0n) is 13.7. The maximum absolute atomic E-state index is 13.0. The topological polar surface area (TPSA) is 75.7 Å². The molecule has 0 aromatic heterocycles. The average Bonchev–Trinajstić information content (AvgIpc) is 2.59. The lowest BCUT2D eigenvalue weighted by Gasteiger charge is -2.33. The summed E-state index contributed by atoms with van der Waals surface area (Å²) in [7, 11) is -2.24. The number of nitrogens with one attached hydrogen (secondary N) is 1. The second kappa shape index (κ2) is 8.55. The Labute approximate surface area is 142 Å². The number of nitrogens with zero attached hydrogens (tertiary/aromatic N) is 1. The van der Waals surface area contributed by atoms with Crippen LogP contribution in [0.2, 0.25) is 0 Å². The Morgan fingerprint density at radius 2 is 2.04 bits per heavy atom. The van der Waals surface area contributed by atoms with Crippen molar-refractivity contribution in [2.75, 3.05) is 26.8 Å². The van der Waals surface area contributed by atoms with Crippen LogP contribution in [0.15, 0.2) is 29.2 Å². The summed E-state index contributed by atoms with van der Waals surface area (Å²) < 4.78 is 44.8. The molecule has 0 radical (unpaired) electrons. The van der Waals surface area contributed by atoms with Gasteiger partial charge in [0.1, 0.15) is 11.9 Å². The largest absolute Gasteiger partial charge is 0.385 e. The molecule has 134 valence electrons. The number of carbonyl (C=O) groups excluding carboxylic acids is 1. The van der Waals surface area contributed by atoms with Crippen LogP contribution in [0.1, 0.15) is 25.7 Å². The van der Waals surface area contributed by atoms with Gasteiger partial charge < -0.3 is 10.1 Å². The first-order valence-electron chi connectivity index (χ1n) is 8.01. The molecule has 1 saturated heterocycles. The zero-order chi connectivity index (χ0) is 17.6. The summed E-state index contributed by atoms with van der Waals surface area (Å²) in [4.78, 5) is 12.4. The quantitative estimate of drug-likeness (QED) is 0.750. The number of ether oxygens (including phenoxy) is 1. The first kappa shape index (κ1) is 18.8. The molecule has 1 fully saturated rings. The van der Waals surface area contributed by atoms with Gasteiger partial charge in [-0.15, -0.1) is 0 Å². The third-order valence-corrected chi connectivity index (χ3v) is 5.92. The van der Waals surface area contributed by atoms with Crippen molar-refractivity contribution in [3.05, 3.63) is 30.1 Å². The Balaban J connectivity index is 2.13. The number of hydrogen-bond donors (Lipinski definition) is 1. The highest BCUT2D eigenvalue weighted by Gasteiger charge is 2.37. The second-order valence-electron chi connectivity index (χ2n) is 5.72. The van der Waals surface area contributed by atoms with Gasteiger partial charge >= 0.3 is 0 Å². The molecule has 1 N–H and O–H groups in total. The van der Waals surface area contributed by atoms with E-state index in [9.17, 15) is 17.6 Å². The highest BCUT2D eigenvalue weighted by molar-refractivity contribution is 7.89. The van der Waals surface area contributed by atoms with Gasteiger partial charge in [0.15, 0.2) is 0 Å². The number of rotatable bonds is 7. The number of methoxy groups -OCH3 is 1. The third-order valence-electron chi connectivity index (χ3n) is 4.00. The minimum absolute atomic E-state index is 0.00276. The van der Waals surface area contributed by atoms with Crippen molar-refractivity contribution >= 4 is 15.9 Å². The van der Waals surface area contributed by atoms with E-state index in [1.807, 2.05) is 0 Å². The Kier molecular flexibility index (Phi) is 6.70. The molecule has 0 spiro atoms. The minimum Gasteiger partial charge on any atom is -0.385 e. The Morgan fingerprint density at radius 1 is 1.33 bits per heavy atom. The van der Waals surface area contributed by atoms with E-state index in [1.54, 1.807) is 7.11 Å². The molecule has 1 heterocycles. The highest BCUT2D eigenvalue weighted by atomic mass is 32.2. The number of sulfonamides is 1. The highest BCUT2D eigenvalue weighted by Crippen LogP contribution is 2.25. The molecule has 0 saturated carbocycles. The molecule has 1 aromatic carbocycles. The van der Waals surface area contributed by atoms with E-state index >= 15 is 0 Å². The second-order valence-corrected chi connectivity index (χ2v) is 7.61. The Morgan fingerprint density at radius 3 is 2.71 bits per heavy atom. The van der Waals surface area contributed by atoms with Crippen molar-refractivity contribution in [2.24, 2.45) is 0 Å². The molecule has 24 heavy (non-hydrogen) atoms. The van der Waals surface area contributed by atoms with Gasteiger partial charge in [-0.3, -0.25) is 4.79 Å². The molecule has 1 aliphatic heterocycles. The third kappa shape index (κ3) is 4.52. The summed E-state index contributed by atoms with van der Waals surface area (Å²) in [5, 5.41) is 2.76. The maximum Gasteiger partial charge on any atom is 0.243 e. The first-order valence-corrected chi connectivity index (χ1v) is 9.45. The number of amides is 1. The molecule has 1 amide bonds. The lowest BCUT2D eigenvalue weighted by Crippen LogP contribution is -2.51. The molecule has 2 rings (SSSR count). The summed E-state index contributed by atoms with van der Waals surface area (Å²) in [5.41, 5.74) is 0. The summed E-state index contributed by atoms with van der Waals surface area (Å²) >= 11 is 0. The predicted octanol–water partition coefficient (Wildman–Crippen LogP) is 1.52. The maximum atomic E-state index is 13.0. The van der Waals surface area contributed by atoms with Crippen LogP contribution in [0, 0.1) is 5.82 Å². The number of benzene rings is 1. The molecular formula is C16H23FN2O4S. The van der Waals surface area contributed by atoms with Gasteiger partial charge in [-0.05, 0) is 43.5 Å². The van der Waals surface area contributed by atoms with Gasteiger partial charge in [0.25, 0.3) is 0 Å². The molecule has 0 aliphatic carbocycles. The number of carbonyl (C=O) groups is 1. The summed E-state index contributed by atoms with van der Waals surface area (Å²) in [6, 6.07) is 3.95. The van der Waals surface area contributed by atoms with Crippen LogP contribution in [0.5, 0.6) is 0 Å². The van der Waals surface area contributed by atoms with Crippen molar-refractivity contribution in [1.82, 2.24) is 9.62 Å². The van der Waals surface area contributed by atoms with E-state index < -0.39 is 21.9 Å². The molecule has 1 aliphatic rings. The van der Waals surface area contributed by atoms with Crippen molar-refractivity contribution < 1.29 is 22.3 Å². The van der Waals surface area contributed by atoms with Gasteiger partial charge in [0.05, 0.1) is 4.90 Å². The number of piperidine rings is 1. The van der Waals surface area contributed by atoms with Gasteiger partial charge in [0, 0.05) is 26.8 Å². The van der Waals surface area contributed by atoms with E-state index in [4.69, 9.17) is 4.74 Å². The molecule has 1 aromatic rings. The van der Waals surface area contributed by atoms with Crippen molar-refractivity contribution in [2.45, 2.75) is 36.6 Å². The monoisotopic (exact) mass is 358 g/mol. The molecular weight excluding hydrogens is 335 g/mol. The minimum atomic E-state index is -3.83. The predicted molar refractivity (Wildman–Crippen MR) is 87.4 cm³/mol. The Bertz CT molecular complexity index is 649. The van der Waals surface area contributed by atoms with Crippen molar-refractivity contribution in [3.8, 4) is 0 Å². The van der Waals surface area contributed by atoms with Crippen molar-refractivity contribution in [1.29, 1.82) is 0 Å². The summed E-state index contributed by atoms with van der Waals surface area (Å²) in [6.45, 7) is 1.26. The van der Waals surface area contributed by atoms with Gasteiger partial charge in [0.2, 0.25) is 15.9 Å². The van der Waals surface area contributed by atoms with Crippen LogP contribution < -0.4 is 5.32 Å². The molecule has 0 bridgehead atoms. The van der Waals surface area contributed by atoms with Gasteiger partial charge in [-0.2, -0.15) is 4.31 Å². The molecule has 0 unspecified atom stereocenters. The normalized spacial score (nSPS) is 19.2. The van der Waals surface area contributed by atoms with Crippen LogP contribution >= 0.6 is 0 Å². The summed E-state index contributed by atoms with van der Waals surface area (Å²) in [5.74, 6) is -0.795. The molecule has 1 atom stereocenters. The fourth-order valence-corrected chi connectivity index (χ4v) is 4.40. The van der Waals surface area contributed by atoms with Gasteiger partial charge in [-0.1, -0.05) is 6.42 Å². The Hall–Kier alpha value is -1.51. The van der Waals surface area contributed by atoms with E-state index in [1.165, 1.54) is 16.4 Å². The summed E-state index contributed by atoms with van der Waals surface area (Å²) in [6.07, 6.45) is 2.65. The molecule has 6 nitrogen and oxygen atoms in total. The fraction of sp³-hybridized carbons (Fsp3) is 0.562. The van der Waals surface area contributed by atoms with Crippen LogP contribution in [-0.2, 0) is 19.6 Å². The standard InChI is InChI=1S/C16H23FN2O4S/c1-23-12-4-10-18-16(20)15-5-2-3-11-19(15)24(21,22)14-8-6-13(17)7-9-14/h6-9,15H,2-5,10-12H2,1H3,(H,18,20)/t15-/m0/s1. The molecule has 8 heteroatoms. The van der Waals surface area contributed by atoms with Gasteiger partial charge in [-0.25, -0.2) is 12.8 Å². The van der Waals surface area contributed by atoms with E-state index in [0.717, 1.165) is 18.6 Å². The lowest BCUT2D eigenvalue weighted by atomic mass is 10.0. The van der Waals surface area contributed by atoms with E-state index in [-0.39, 0.29) is 17.3 Å². The SMILES string of the molecule is COCCCNC(=O)[C@@H]1CCCCN1S(=O)(=O)c1ccc(F)cc1. The number of hydrogen-bond acceptors (Lipinski definition) is 4. The first-order chi connectivity index (χ1) is 11.5.